The predicted molar refractivity (Wildman–Crippen MR) is 80.9 cm³/mol. The fraction of sp³-hybridized carbons (Fsp3) is 0.562. The van der Waals surface area contributed by atoms with Gasteiger partial charge in [-0.3, -0.25) is 4.79 Å². The van der Waals surface area contributed by atoms with Gasteiger partial charge in [-0.1, -0.05) is 32.9 Å². The maximum atomic E-state index is 12.4. The summed E-state index contributed by atoms with van der Waals surface area (Å²) < 4.78 is 0. The number of amides is 1. The van der Waals surface area contributed by atoms with Crippen LogP contribution in [0.3, 0.4) is 0 Å². The second-order valence-electron chi connectivity index (χ2n) is 6.07. The first-order chi connectivity index (χ1) is 9.46. The molecule has 0 saturated heterocycles. The molecular formula is C16H24N2O2. The largest absolute Gasteiger partial charge is 0.392 e. The molecule has 1 aliphatic rings. The molecule has 3 N–H and O–H groups in total. The number of nitrogens with one attached hydrogen (secondary N) is 2. The average Bonchev–Trinajstić information content (AvgIpc) is 2.45. The molecule has 1 fully saturated rings. The number of hydrogen-bond donors (Lipinski definition) is 3. The molecule has 4 nitrogen and oxygen atoms in total. The summed E-state index contributed by atoms with van der Waals surface area (Å²) in [7, 11) is 0. The van der Waals surface area contributed by atoms with Crippen molar-refractivity contribution in [2.24, 2.45) is 5.41 Å². The van der Waals surface area contributed by atoms with Crippen molar-refractivity contribution in [2.45, 2.75) is 45.8 Å². The van der Waals surface area contributed by atoms with Crippen LogP contribution in [0.1, 0.15) is 44.0 Å². The van der Waals surface area contributed by atoms with Crippen LogP contribution in [0, 0.1) is 5.41 Å². The first-order valence-corrected chi connectivity index (χ1v) is 7.28. The van der Waals surface area contributed by atoms with Crippen molar-refractivity contribution in [3.63, 3.8) is 0 Å². The number of carbonyl (C=O) groups is 1. The molecule has 0 heterocycles. The van der Waals surface area contributed by atoms with Crippen LogP contribution < -0.4 is 10.6 Å². The van der Waals surface area contributed by atoms with Crippen molar-refractivity contribution in [1.29, 1.82) is 0 Å². The summed E-state index contributed by atoms with van der Waals surface area (Å²) in [5.41, 5.74) is 1.28. The van der Waals surface area contributed by atoms with E-state index in [9.17, 15) is 9.90 Å². The Morgan fingerprint density at radius 1 is 1.40 bits per heavy atom. The fourth-order valence-corrected chi connectivity index (χ4v) is 2.48. The molecule has 110 valence electrons. The molecule has 20 heavy (non-hydrogen) atoms. The number of rotatable bonds is 5. The zero-order valence-electron chi connectivity index (χ0n) is 12.4. The summed E-state index contributed by atoms with van der Waals surface area (Å²) >= 11 is 0. The van der Waals surface area contributed by atoms with Gasteiger partial charge >= 0.3 is 0 Å². The molecule has 0 bridgehead atoms. The molecule has 2 rings (SSSR count). The van der Waals surface area contributed by atoms with E-state index in [1.807, 2.05) is 38.1 Å². The molecule has 1 amide bonds. The molecule has 1 aliphatic carbocycles. The minimum Gasteiger partial charge on any atom is -0.392 e. The Morgan fingerprint density at radius 2 is 2.10 bits per heavy atom. The van der Waals surface area contributed by atoms with E-state index in [0.29, 0.717) is 12.0 Å². The second-order valence-corrected chi connectivity index (χ2v) is 6.07. The van der Waals surface area contributed by atoms with Crippen LogP contribution in [-0.2, 0) is 0 Å². The van der Waals surface area contributed by atoms with Gasteiger partial charge in [0.05, 0.1) is 11.7 Å². The van der Waals surface area contributed by atoms with Crippen LogP contribution >= 0.6 is 0 Å². The van der Waals surface area contributed by atoms with Gasteiger partial charge in [-0.15, -0.1) is 0 Å². The molecule has 4 heteroatoms. The number of aliphatic hydroxyl groups excluding tert-OH is 1. The lowest BCUT2D eigenvalue weighted by atomic mass is 9.64. The molecule has 2 unspecified atom stereocenters. The summed E-state index contributed by atoms with van der Waals surface area (Å²) in [4.78, 5) is 12.4. The molecule has 0 spiro atoms. The number of benzene rings is 1. The van der Waals surface area contributed by atoms with Gasteiger partial charge in [0, 0.05) is 23.7 Å². The first-order valence-electron chi connectivity index (χ1n) is 7.28. The highest BCUT2D eigenvalue weighted by Gasteiger charge is 2.48. The Labute approximate surface area is 120 Å². The lowest BCUT2D eigenvalue weighted by Gasteiger charge is -2.49. The zero-order chi connectivity index (χ0) is 14.8. The summed E-state index contributed by atoms with van der Waals surface area (Å²) in [6.45, 7) is 6.90. The van der Waals surface area contributed by atoms with E-state index in [0.717, 1.165) is 18.7 Å². The van der Waals surface area contributed by atoms with Gasteiger partial charge in [0.15, 0.2) is 0 Å². The van der Waals surface area contributed by atoms with Crippen LogP contribution in [0.2, 0.25) is 0 Å². The quantitative estimate of drug-likeness (QED) is 0.774. The van der Waals surface area contributed by atoms with Gasteiger partial charge in [-0.2, -0.15) is 0 Å². The molecule has 2 atom stereocenters. The van der Waals surface area contributed by atoms with E-state index >= 15 is 0 Å². The summed E-state index contributed by atoms with van der Waals surface area (Å²) in [5.74, 6) is -0.0748. The Hall–Kier alpha value is -1.55. The molecule has 1 aromatic rings. The maximum absolute atomic E-state index is 12.4. The van der Waals surface area contributed by atoms with Gasteiger partial charge in [0.2, 0.25) is 0 Å². The minimum atomic E-state index is -0.332. The minimum absolute atomic E-state index is 0.0317. The highest BCUT2D eigenvalue weighted by atomic mass is 16.3. The second kappa shape index (κ2) is 5.83. The lowest BCUT2D eigenvalue weighted by Crippen LogP contribution is -2.61. The Bertz CT molecular complexity index is 485. The fourth-order valence-electron chi connectivity index (χ4n) is 2.48. The van der Waals surface area contributed by atoms with E-state index in [4.69, 9.17) is 0 Å². The Kier molecular flexibility index (Phi) is 4.33. The maximum Gasteiger partial charge on any atom is 0.253 e. The highest BCUT2D eigenvalue weighted by molar-refractivity contribution is 5.99. The molecular weight excluding hydrogens is 252 g/mol. The first kappa shape index (κ1) is 14.9. The highest BCUT2D eigenvalue weighted by Crippen LogP contribution is 2.40. The van der Waals surface area contributed by atoms with Gasteiger partial charge in [0.1, 0.15) is 0 Å². The third-order valence-electron chi connectivity index (χ3n) is 4.26. The summed E-state index contributed by atoms with van der Waals surface area (Å²) in [5, 5.41) is 16.0. The molecule has 0 aromatic heterocycles. The van der Waals surface area contributed by atoms with Crippen LogP contribution in [0.15, 0.2) is 24.3 Å². The van der Waals surface area contributed by atoms with E-state index in [-0.39, 0.29) is 23.5 Å². The average molecular weight is 276 g/mol. The number of para-hydroxylation sites is 1. The Morgan fingerprint density at radius 3 is 2.70 bits per heavy atom. The van der Waals surface area contributed by atoms with Crippen molar-refractivity contribution >= 4 is 11.6 Å². The van der Waals surface area contributed by atoms with Crippen molar-refractivity contribution in [3.05, 3.63) is 29.8 Å². The van der Waals surface area contributed by atoms with Crippen LogP contribution in [0.5, 0.6) is 0 Å². The van der Waals surface area contributed by atoms with E-state index < -0.39 is 0 Å². The van der Waals surface area contributed by atoms with Gasteiger partial charge < -0.3 is 15.7 Å². The van der Waals surface area contributed by atoms with Crippen molar-refractivity contribution < 1.29 is 9.90 Å². The van der Waals surface area contributed by atoms with Gasteiger partial charge in [0.25, 0.3) is 5.91 Å². The van der Waals surface area contributed by atoms with Crippen molar-refractivity contribution in [2.75, 3.05) is 11.9 Å². The standard InChI is InChI=1S/C16H24N2O2/c1-4-9-17-12-8-6-5-7-11(12)15(20)18-13-10-14(19)16(13,2)3/h5-8,13-14,17,19H,4,9-10H2,1-3H3,(H,18,20). The third kappa shape index (κ3) is 2.80. The summed E-state index contributed by atoms with van der Waals surface area (Å²) in [6.07, 6.45) is 1.31. The zero-order valence-corrected chi connectivity index (χ0v) is 12.4. The number of carbonyl (C=O) groups excluding carboxylic acids is 1. The SMILES string of the molecule is CCCNc1ccccc1C(=O)NC1CC(O)C1(C)C. The topological polar surface area (TPSA) is 61.4 Å². The van der Waals surface area contributed by atoms with Crippen LogP contribution in [0.4, 0.5) is 5.69 Å². The smallest absolute Gasteiger partial charge is 0.253 e. The van der Waals surface area contributed by atoms with Crippen molar-refractivity contribution in [3.8, 4) is 0 Å². The third-order valence-corrected chi connectivity index (χ3v) is 4.26. The monoisotopic (exact) mass is 276 g/mol. The normalized spacial score (nSPS) is 23.8. The number of hydrogen-bond acceptors (Lipinski definition) is 3. The Balaban J connectivity index is 2.06. The van der Waals surface area contributed by atoms with E-state index in [1.54, 1.807) is 0 Å². The van der Waals surface area contributed by atoms with Crippen LogP contribution in [0.25, 0.3) is 0 Å². The summed E-state index contributed by atoms with van der Waals surface area (Å²) in [6, 6.07) is 7.57. The van der Waals surface area contributed by atoms with Crippen LogP contribution in [-0.4, -0.2) is 29.7 Å². The molecule has 1 aromatic carbocycles. The van der Waals surface area contributed by atoms with Crippen molar-refractivity contribution in [1.82, 2.24) is 5.32 Å². The van der Waals surface area contributed by atoms with E-state index in [2.05, 4.69) is 17.6 Å². The lowest BCUT2D eigenvalue weighted by molar-refractivity contribution is -0.0689. The number of aliphatic hydroxyl groups is 1. The molecule has 1 saturated carbocycles. The molecule has 0 radical (unpaired) electrons. The van der Waals surface area contributed by atoms with E-state index in [1.165, 1.54) is 0 Å². The molecule has 0 aliphatic heterocycles. The van der Waals surface area contributed by atoms with Gasteiger partial charge in [-0.05, 0) is 25.0 Å². The van der Waals surface area contributed by atoms with Gasteiger partial charge in [-0.25, -0.2) is 0 Å². The predicted octanol–water partition coefficient (Wildman–Crippen LogP) is 2.40. The number of anilines is 1.